The molecule has 9 heteroatoms. The largest absolute Gasteiger partial charge is 0.497 e. The van der Waals surface area contributed by atoms with Gasteiger partial charge in [0.2, 0.25) is 0 Å². The Morgan fingerprint density at radius 1 is 1.03 bits per heavy atom. The number of halogens is 1. The summed E-state index contributed by atoms with van der Waals surface area (Å²) in [5.74, 6) is -2.00. The molecule has 0 amide bonds. The number of hydrogen-bond donors (Lipinski definition) is 2. The van der Waals surface area contributed by atoms with Crippen molar-refractivity contribution in [2.45, 2.75) is 31.9 Å². The highest BCUT2D eigenvalue weighted by atomic mass is 19.1. The first-order valence-electron chi connectivity index (χ1n) is 11.5. The Morgan fingerprint density at radius 2 is 1.69 bits per heavy atom. The summed E-state index contributed by atoms with van der Waals surface area (Å²) in [6.07, 6.45) is -0.375. The van der Waals surface area contributed by atoms with Crippen molar-refractivity contribution < 1.29 is 24.1 Å². The van der Waals surface area contributed by atoms with Crippen LogP contribution in [0.2, 0.25) is 0 Å². The molecule has 4 aromatic rings. The van der Waals surface area contributed by atoms with Crippen LogP contribution in [-0.4, -0.2) is 44.4 Å². The van der Waals surface area contributed by atoms with E-state index in [0.717, 1.165) is 21.4 Å². The van der Waals surface area contributed by atoms with E-state index in [1.54, 1.807) is 30.3 Å². The predicted molar refractivity (Wildman–Crippen MR) is 132 cm³/mol. The predicted octanol–water partition coefficient (Wildman–Crippen LogP) is 3.69. The van der Waals surface area contributed by atoms with Crippen molar-refractivity contribution in [3.05, 3.63) is 88.5 Å². The minimum Gasteiger partial charge on any atom is -0.497 e. The van der Waals surface area contributed by atoms with Crippen molar-refractivity contribution in [3.63, 3.8) is 0 Å². The van der Waals surface area contributed by atoms with E-state index in [-0.39, 0.29) is 25.2 Å². The molecular weight excluding hydrogens is 465 g/mol. The summed E-state index contributed by atoms with van der Waals surface area (Å²) < 4.78 is 19.4. The van der Waals surface area contributed by atoms with Crippen molar-refractivity contribution in [2.75, 3.05) is 7.11 Å². The Labute approximate surface area is 206 Å². The maximum Gasteiger partial charge on any atom is 0.309 e. The molecule has 3 aromatic carbocycles. The molecular formula is C27H26FN3O5. The van der Waals surface area contributed by atoms with E-state index in [9.17, 15) is 24.2 Å². The number of benzene rings is 3. The maximum absolute atomic E-state index is 13.1. The number of hydrogen-bond acceptors (Lipinski definition) is 6. The number of carboxylic acid groups (broad SMARTS) is 1. The molecule has 0 aliphatic carbocycles. The number of aliphatic carboxylic acids is 1. The fourth-order valence-corrected chi connectivity index (χ4v) is 4.09. The Kier molecular flexibility index (Phi) is 7.70. The number of aliphatic hydroxyl groups is 1. The highest BCUT2D eigenvalue weighted by Gasteiger charge is 2.26. The second kappa shape index (κ2) is 11.1. The van der Waals surface area contributed by atoms with Crippen LogP contribution in [0.25, 0.3) is 22.0 Å². The molecule has 0 saturated heterocycles. The van der Waals surface area contributed by atoms with Gasteiger partial charge >= 0.3 is 5.97 Å². The summed E-state index contributed by atoms with van der Waals surface area (Å²) in [5, 5.41) is 28.6. The summed E-state index contributed by atoms with van der Waals surface area (Å²) in [4.78, 5) is 24.6. The Bertz CT molecular complexity index is 1400. The van der Waals surface area contributed by atoms with E-state index in [1.807, 2.05) is 24.3 Å². The van der Waals surface area contributed by atoms with Gasteiger partial charge in [-0.1, -0.05) is 41.6 Å². The lowest BCUT2D eigenvalue weighted by molar-refractivity contribution is -0.146. The molecule has 0 radical (unpaired) electrons. The molecule has 1 aromatic heterocycles. The fourth-order valence-electron chi connectivity index (χ4n) is 4.09. The number of nitrogens with zero attached hydrogens (tertiary/aromatic N) is 3. The molecule has 0 unspecified atom stereocenters. The number of methoxy groups -OCH3 is 1. The van der Waals surface area contributed by atoms with E-state index >= 15 is 0 Å². The van der Waals surface area contributed by atoms with Crippen LogP contribution in [0, 0.1) is 11.7 Å². The van der Waals surface area contributed by atoms with Gasteiger partial charge in [-0.2, -0.15) is 0 Å². The number of rotatable bonds is 10. The Balaban J connectivity index is 1.39. The second-order valence-electron chi connectivity index (χ2n) is 8.54. The van der Waals surface area contributed by atoms with Crippen LogP contribution >= 0.6 is 0 Å². The number of fused-ring (bicyclic) bond motifs is 1. The average molecular weight is 492 g/mol. The van der Waals surface area contributed by atoms with Crippen LogP contribution in [0.15, 0.2) is 71.5 Å². The van der Waals surface area contributed by atoms with Gasteiger partial charge in [-0.3, -0.25) is 9.59 Å². The molecule has 0 spiro atoms. The summed E-state index contributed by atoms with van der Waals surface area (Å²) in [7, 11) is 1.49. The number of aliphatic hydroxyl groups excluding tert-OH is 1. The molecule has 8 nitrogen and oxygen atoms in total. The molecule has 0 bridgehead atoms. The molecule has 0 aliphatic rings. The maximum atomic E-state index is 13.1. The SMILES string of the molecule is COc1ccc2nnn(CC[C@H](C(=O)O)[C@H](O)CCc3ccc(-c4ccc(F)cc4)cc3)c(=O)c2c1. The van der Waals surface area contributed by atoms with Crippen molar-refractivity contribution in [2.24, 2.45) is 5.92 Å². The highest BCUT2D eigenvalue weighted by Crippen LogP contribution is 2.22. The summed E-state index contributed by atoms with van der Waals surface area (Å²) in [6.45, 7) is -0.000618. The number of carbonyl (C=O) groups is 1. The first-order valence-corrected chi connectivity index (χ1v) is 11.5. The van der Waals surface area contributed by atoms with Crippen LogP contribution < -0.4 is 10.3 Å². The second-order valence-corrected chi connectivity index (χ2v) is 8.54. The monoisotopic (exact) mass is 491 g/mol. The number of carboxylic acids is 1. The first kappa shape index (κ1) is 25.0. The van der Waals surface area contributed by atoms with Gasteiger partial charge in [-0.05, 0) is 66.3 Å². The summed E-state index contributed by atoms with van der Waals surface area (Å²) >= 11 is 0. The topological polar surface area (TPSA) is 115 Å². The van der Waals surface area contributed by atoms with Crippen molar-refractivity contribution in [1.82, 2.24) is 15.0 Å². The van der Waals surface area contributed by atoms with Gasteiger partial charge in [0.25, 0.3) is 5.56 Å². The molecule has 2 atom stereocenters. The fraction of sp³-hybridized carbons (Fsp3) is 0.259. The molecule has 1 heterocycles. The summed E-state index contributed by atoms with van der Waals surface area (Å²) in [5.41, 5.74) is 2.77. The summed E-state index contributed by atoms with van der Waals surface area (Å²) in [6, 6.07) is 18.7. The Morgan fingerprint density at radius 3 is 2.33 bits per heavy atom. The highest BCUT2D eigenvalue weighted by molar-refractivity contribution is 5.78. The third-order valence-electron chi connectivity index (χ3n) is 6.22. The third kappa shape index (κ3) is 5.75. The van der Waals surface area contributed by atoms with Gasteiger partial charge < -0.3 is 14.9 Å². The van der Waals surface area contributed by atoms with E-state index in [1.165, 1.54) is 19.2 Å². The van der Waals surface area contributed by atoms with Gasteiger partial charge in [0.05, 0.1) is 24.5 Å². The lowest BCUT2D eigenvalue weighted by Gasteiger charge is -2.19. The van der Waals surface area contributed by atoms with Gasteiger partial charge in [0.15, 0.2) is 0 Å². The molecule has 0 saturated carbocycles. The van der Waals surface area contributed by atoms with Gasteiger partial charge in [0.1, 0.15) is 17.1 Å². The van der Waals surface area contributed by atoms with Crippen molar-refractivity contribution >= 4 is 16.9 Å². The van der Waals surface area contributed by atoms with Crippen LogP contribution in [0.5, 0.6) is 5.75 Å². The van der Waals surface area contributed by atoms with Gasteiger partial charge in [-0.25, -0.2) is 9.07 Å². The number of ether oxygens (including phenoxy) is 1. The van der Waals surface area contributed by atoms with Crippen LogP contribution in [0.1, 0.15) is 18.4 Å². The number of aryl methyl sites for hydroxylation is 2. The molecule has 186 valence electrons. The Hall–Kier alpha value is -4.11. The zero-order valence-electron chi connectivity index (χ0n) is 19.7. The average Bonchev–Trinajstić information content (AvgIpc) is 2.89. The lowest BCUT2D eigenvalue weighted by atomic mass is 9.93. The molecule has 2 N–H and O–H groups in total. The van der Waals surface area contributed by atoms with E-state index in [4.69, 9.17) is 4.74 Å². The zero-order chi connectivity index (χ0) is 25.7. The minimum atomic E-state index is -1.14. The van der Waals surface area contributed by atoms with Crippen LogP contribution in [-0.2, 0) is 17.8 Å². The van der Waals surface area contributed by atoms with Crippen LogP contribution in [0.3, 0.4) is 0 Å². The lowest BCUT2D eigenvalue weighted by Crippen LogP contribution is -2.32. The third-order valence-corrected chi connectivity index (χ3v) is 6.22. The normalized spacial score (nSPS) is 12.9. The van der Waals surface area contributed by atoms with E-state index in [2.05, 4.69) is 10.3 Å². The zero-order valence-corrected chi connectivity index (χ0v) is 19.7. The number of aromatic nitrogens is 3. The molecule has 0 fully saturated rings. The molecule has 4 rings (SSSR count). The van der Waals surface area contributed by atoms with Gasteiger partial charge in [-0.15, -0.1) is 5.10 Å². The van der Waals surface area contributed by atoms with Crippen LogP contribution in [0.4, 0.5) is 4.39 Å². The smallest absolute Gasteiger partial charge is 0.309 e. The van der Waals surface area contributed by atoms with Gasteiger partial charge in [0, 0.05) is 6.54 Å². The quantitative estimate of drug-likeness (QED) is 0.348. The van der Waals surface area contributed by atoms with Crippen molar-refractivity contribution in [3.8, 4) is 16.9 Å². The minimum absolute atomic E-state index is 0.000618. The van der Waals surface area contributed by atoms with E-state index in [0.29, 0.717) is 23.1 Å². The molecule has 36 heavy (non-hydrogen) atoms. The standard InChI is InChI=1S/C27H26FN3O5/c1-36-21-11-12-24-23(16-21)26(33)31(30-29-24)15-14-22(27(34)35)25(32)13-4-17-2-5-18(6-3-17)19-7-9-20(28)10-8-19/h2-3,5-12,16,22,25,32H,4,13-15H2,1H3,(H,34,35)/t22-,25+/m0/s1. The molecule has 0 aliphatic heterocycles. The first-order chi connectivity index (χ1) is 17.4. The van der Waals surface area contributed by atoms with Crippen molar-refractivity contribution in [1.29, 1.82) is 0 Å². The van der Waals surface area contributed by atoms with E-state index < -0.39 is 23.6 Å².